The van der Waals surface area contributed by atoms with Crippen LogP contribution in [-0.2, 0) is 9.59 Å². The van der Waals surface area contributed by atoms with E-state index in [9.17, 15) is 9.59 Å². The number of allylic oxidation sites excluding steroid dienone is 12. The molecule has 0 spiro atoms. The Kier molecular flexibility index (Phi) is 8.54. The first-order valence-electron chi connectivity index (χ1n) is 20.5. The second-order valence-electron chi connectivity index (χ2n) is 18.7. The van der Waals surface area contributed by atoms with Crippen LogP contribution in [0.3, 0.4) is 0 Å². The number of nitrogens with two attached hydrogens (primary N) is 1. The van der Waals surface area contributed by atoms with Crippen molar-refractivity contribution in [3.05, 3.63) is 112 Å². The van der Waals surface area contributed by atoms with Gasteiger partial charge in [0, 0.05) is 48.5 Å². The molecule has 10 rings (SSSR count). The van der Waals surface area contributed by atoms with Gasteiger partial charge >= 0.3 is 0 Å². The minimum atomic E-state index is 0.0928. The molecule has 6 heteroatoms. The topological polar surface area (TPSA) is 85.9 Å². The van der Waals surface area contributed by atoms with Crippen molar-refractivity contribution in [1.29, 1.82) is 0 Å². The van der Waals surface area contributed by atoms with Crippen LogP contribution in [0.4, 0.5) is 5.69 Å². The minimum absolute atomic E-state index is 0.0928. The molecule has 8 aliphatic rings. The van der Waals surface area contributed by atoms with Crippen molar-refractivity contribution in [2.45, 2.75) is 105 Å². The Balaban J connectivity index is 0.000000142. The van der Waals surface area contributed by atoms with Crippen LogP contribution in [0.15, 0.2) is 95.7 Å². The highest BCUT2D eigenvalue weighted by Crippen LogP contribution is 2.67. The molecule has 5 nitrogen and oxygen atoms in total. The molecule has 8 aliphatic carbocycles. The Bertz CT molecular complexity index is 2000. The summed E-state index contributed by atoms with van der Waals surface area (Å²) in [6.45, 7) is 9.67. The molecule has 4 saturated carbocycles. The van der Waals surface area contributed by atoms with Crippen LogP contribution >= 0.6 is 11.6 Å². The van der Waals surface area contributed by atoms with Crippen LogP contribution in [0.5, 0.6) is 0 Å². The van der Waals surface area contributed by atoms with E-state index in [4.69, 9.17) is 17.3 Å². The quantitative estimate of drug-likeness (QED) is 0.331. The number of fused-ring (bicyclic) bond motifs is 10. The molecule has 8 atom stereocenters. The molecule has 4 fully saturated rings. The molecule has 2 heterocycles. The molecule has 0 aliphatic heterocycles. The van der Waals surface area contributed by atoms with E-state index in [2.05, 4.69) is 68.0 Å². The molecule has 2 N–H and O–H groups in total. The third-order valence-electron chi connectivity index (χ3n) is 16.1. The van der Waals surface area contributed by atoms with E-state index < -0.39 is 0 Å². The zero-order chi connectivity index (χ0) is 37.6. The summed E-state index contributed by atoms with van der Waals surface area (Å²) in [5, 5.41) is 0.700. The van der Waals surface area contributed by atoms with Crippen LogP contribution in [0.2, 0.25) is 5.02 Å². The summed E-state index contributed by atoms with van der Waals surface area (Å²) >= 11 is 6.22. The molecule has 0 bridgehead atoms. The van der Waals surface area contributed by atoms with Gasteiger partial charge in [0.25, 0.3) is 0 Å². The van der Waals surface area contributed by atoms with Gasteiger partial charge in [-0.15, -0.1) is 0 Å². The van der Waals surface area contributed by atoms with Gasteiger partial charge in [0.1, 0.15) is 0 Å². The SMILES string of the molecule is C[C@]12CC[C@H]3[C@@H](CCC4=CC(=O)CC[C@@]43C)C1=CC=C2c1cncc(Cl)c1.C[C@]12CC[C@H]3[C@@H](CCC4=CC(=O)CC[C@@]43C)C1=CC=C2c1cncc(N)c1. The second-order valence-corrected chi connectivity index (χ2v) is 19.1. The highest BCUT2D eigenvalue weighted by Gasteiger charge is 2.56. The maximum Gasteiger partial charge on any atom is 0.155 e. The number of anilines is 1. The molecule has 2 aromatic rings. The van der Waals surface area contributed by atoms with Crippen molar-refractivity contribution in [3.8, 4) is 0 Å². The Labute approximate surface area is 326 Å². The van der Waals surface area contributed by atoms with Crippen LogP contribution in [-0.4, -0.2) is 21.5 Å². The van der Waals surface area contributed by atoms with Gasteiger partial charge in [-0.2, -0.15) is 0 Å². The van der Waals surface area contributed by atoms with Crippen molar-refractivity contribution >= 4 is 40.0 Å². The third kappa shape index (κ3) is 5.46. The normalized spacial score (nSPS) is 37.6. The van der Waals surface area contributed by atoms with Crippen molar-refractivity contribution < 1.29 is 9.59 Å². The summed E-state index contributed by atoms with van der Waals surface area (Å²) < 4.78 is 0. The lowest BCUT2D eigenvalue weighted by Gasteiger charge is -2.56. The Morgan fingerprint density at radius 1 is 0.611 bits per heavy atom. The maximum atomic E-state index is 12.0. The molecular formula is C48H54ClN3O2. The van der Waals surface area contributed by atoms with Crippen molar-refractivity contribution in [2.24, 2.45) is 45.3 Å². The number of carbonyl (C=O) groups is 2. The number of carbonyl (C=O) groups excluding carboxylic acids is 2. The molecule has 0 unspecified atom stereocenters. The molecular weight excluding hydrogens is 686 g/mol. The summed E-state index contributed by atoms with van der Waals surface area (Å²) in [6, 6.07) is 4.10. The molecule has 54 heavy (non-hydrogen) atoms. The monoisotopic (exact) mass is 739 g/mol. The second kappa shape index (κ2) is 12.9. The van der Waals surface area contributed by atoms with Gasteiger partial charge in [-0.05, 0) is 145 Å². The minimum Gasteiger partial charge on any atom is -0.397 e. The van der Waals surface area contributed by atoms with E-state index in [1.165, 1.54) is 48.0 Å². The first-order chi connectivity index (χ1) is 25.8. The lowest BCUT2D eigenvalue weighted by atomic mass is 9.48. The summed E-state index contributed by atoms with van der Waals surface area (Å²) in [5.74, 6) is 3.24. The lowest BCUT2D eigenvalue weighted by molar-refractivity contribution is -0.117. The molecule has 0 amide bonds. The average Bonchev–Trinajstić information content (AvgIpc) is 3.69. The van der Waals surface area contributed by atoms with E-state index in [0.717, 1.165) is 68.2 Å². The molecule has 0 saturated heterocycles. The summed E-state index contributed by atoms with van der Waals surface area (Å²) in [7, 11) is 0. The predicted octanol–water partition coefficient (Wildman–Crippen LogP) is 11.3. The zero-order valence-corrected chi connectivity index (χ0v) is 33.1. The standard InChI is InChI=1S/C24H26ClNO.C24H28N2O/c2*1-23-9-7-18(27)12-16(23)3-4-19-21-6-5-20(15-11-17(25)14-26-13-15)24(21,2)10-8-22(19)23/h5-6,11-14,19,22H,3-4,7-10H2,1-2H3;5-6,11-14,19,22H,3-4,7-10,25H2,1-2H3/t2*19-,22-,23-,24+/m00/s1. The van der Waals surface area contributed by atoms with Crippen molar-refractivity contribution in [1.82, 2.24) is 9.97 Å². The van der Waals surface area contributed by atoms with Gasteiger partial charge in [0.2, 0.25) is 0 Å². The van der Waals surface area contributed by atoms with Gasteiger partial charge in [-0.1, -0.05) is 85.9 Å². The first-order valence-corrected chi connectivity index (χ1v) is 20.9. The molecule has 280 valence electrons. The number of nitrogen functional groups attached to an aromatic ring is 1. The Morgan fingerprint density at radius 3 is 1.57 bits per heavy atom. The van der Waals surface area contributed by atoms with E-state index in [-0.39, 0.29) is 21.7 Å². The van der Waals surface area contributed by atoms with Crippen LogP contribution in [0.25, 0.3) is 11.1 Å². The molecule has 2 aromatic heterocycles. The highest BCUT2D eigenvalue weighted by molar-refractivity contribution is 6.30. The van der Waals surface area contributed by atoms with E-state index in [1.807, 2.05) is 30.6 Å². The van der Waals surface area contributed by atoms with Gasteiger partial charge in [-0.3, -0.25) is 19.6 Å². The highest BCUT2D eigenvalue weighted by atomic mass is 35.5. The smallest absolute Gasteiger partial charge is 0.155 e. The van der Waals surface area contributed by atoms with E-state index in [1.54, 1.807) is 23.5 Å². The van der Waals surface area contributed by atoms with Crippen LogP contribution in [0, 0.1) is 45.3 Å². The number of nitrogens with zero attached hydrogens (tertiary/aromatic N) is 2. The number of halogens is 1. The predicted molar refractivity (Wildman–Crippen MR) is 218 cm³/mol. The van der Waals surface area contributed by atoms with Crippen molar-refractivity contribution in [2.75, 3.05) is 5.73 Å². The van der Waals surface area contributed by atoms with E-state index in [0.29, 0.717) is 40.3 Å². The van der Waals surface area contributed by atoms with Gasteiger partial charge in [0.15, 0.2) is 11.6 Å². The largest absolute Gasteiger partial charge is 0.397 e. The maximum absolute atomic E-state index is 12.0. The number of aromatic nitrogens is 2. The Hall–Kier alpha value is -3.83. The summed E-state index contributed by atoms with van der Waals surface area (Å²) in [6.07, 6.45) is 33.5. The molecule has 0 aromatic carbocycles. The van der Waals surface area contributed by atoms with Crippen molar-refractivity contribution in [3.63, 3.8) is 0 Å². The first kappa shape index (κ1) is 35.8. The number of hydrogen-bond acceptors (Lipinski definition) is 5. The van der Waals surface area contributed by atoms with Crippen LogP contribution in [0.1, 0.15) is 116 Å². The number of pyridine rings is 2. The van der Waals surface area contributed by atoms with E-state index >= 15 is 0 Å². The number of rotatable bonds is 2. The fraction of sp³-hybridized carbons (Fsp3) is 0.500. The van der Waals surface area contributed by atoms with Gasteiger partial charge in [-0.25, -0.2) is 0 Å². The number of hydrogen-bond donors (Lipinski definition) is 1. The zero-order valence-electron chi connectivity index (χ0n) is 32.4. The lowest BCUT2D eigenvalue weighted by Crippen LogP contribution is -2.47. The average molecular weight is 740 g/mol. The van der Waals surface area contributed by atoms with Crippen LogP contribution < -0.4 is 5.73 Å². The number of ketones is 2. The van der Waals surface area contributed by atoms with Gasteiger partial charge in [0.05, 0.1) is 10.7 Å². The summed E-state index contributed by atoms with van der Waals surface area (Å²) in [4.78, 5) is 32.6. The third-order valence-corrected chi connectivity index (χ3v) is 16.3. The van der Waals surface area contributed by atoms with Gasteiger partial charge < -0.3 is 5.73 Å². The summed E-state index contributed by atoms with van der Waals surface area (Å²) in [5.41, 5.74) is 18.5. The Morgan fingerprint density at radius 2 is 1.09 bits per heavy atom. The molecule has 0 radical (unpaired) electrons. The fourth-order valence-corrected chi connectivity index (χ4v) is 13.3. The fourth-order valence-electron chi connectivity index (χ4n) is 13.1.